The number of methoxy groups -OCH3 is 1. The Bertz CT molecular complexity index is 723. The van der Waals surface area contributed by atoms with E-state index >= 15 is 0 Å². The maximum Gasteiger partial charge on any atom is 0.328 e. The van der Waals surface area contributed by atoms with E-state index in [0.29, 0.717) is 6.42 Å². The number of para-hydroxylation sites is 1. The molecule has 2 aromatic rings. The van der Waals surface area contributed by atoms with Crippen LogP contribution in [0.2, 0.25) is 0 Å². The summed E-state index contributed by atoms with van der Waals surface area (Å²) in [5.74, 6) is -1.30. The molecular formula is C16H19N3O4. The first-order valence-electron chi connectivity index (χ1n) is 7.18. The van der Waals surface area contributed by atoms with E-state index in [9.17, 15) is 14.4 Å². The predicted octanol–water partition coefficient (Wildman–Crippen LogP) is 0.504. The molecule has 7 heteroatoms. The highest BCUT2D eigenvalue weighted by molar-refractivity contribution is 5.89. The number of benzene rings is 1. The van der Waals surface area contributed by atoms with Crippen LogP contribution >= 0.6 is 0 Å². The number of rotatable bonds is 6. The fraction of sp³-hybridized carbons (Fsp3) is 0.312. The number of hydrogen-bond donors (Lipinski definition) is 3. The monoisotopic (exact) mass is 317 g/mol. The van der Waals surface area contributed by atoms with Gasteiger partial charge in [-0.25, -0.2) is 4.79 Å². The van der Waals surface area contributed by atoms with Gasteiger partial charge in [0.25, 0.3) is 0 Å². The lowest BCUT2D eigenvalue weighted by Crippen LogP contribution is -2.46. The maximum atomic E-state index is 11.9. The minimum atomic E-state index is -0.819. The Labute approximate surface area is 133 Å². The summed E-state index contributed by atoms with van der Waals surface area (Å²) in [5, 5.41) is 5.95. The summed E-state index contributed by atoms with van der Waals surface area (Å²) >= 11 is 0. The summed E-state index contributed by atoms with van der Waals surface area (Å²) in [7, 11) is 1.27. The number of H-pyrrole nitrogens is 1. The fourth-order valence-corrected chi connectivity index (χ4v) is 2.31. The average Bonchev–Trinajstić information content (AvgIpc) is 2.95. The molecule has 122 valence electrons. The summed E-state index contributed by atoms with van der Waals surface area (Å²) in [5.41, 5.74) is 1.85. The van der Waals surface area contributed by atoms with Gasteiger partial charge in [0.05, 0.1) is 13.7 Å². The molecule has 2 amide bonds. The van der Waals surface area contributed by atoms with Crippen molar-refractivity contribution in [2.45, 2.75) is 19.4 Å². The van der Waals surface area contributed by atoms with Crippen LogP contribution in [0, 0.1) is 0 Å². The highest BCUT2D eigenvalue weighted by Gasteiger charge is 2.23. The van der Waals surface area contributed by atoms with E-state index in [-0.39, 0.29) is 12.5 Å². The van der Waals surface area contributed by atoms with Gasteiger partial charge >= 0.3 is 5.97 Å². The molecule has 0 aliphatic carbocycles. The molecule has 0 aliphatic rings. The molecule has 0 bridgehead atoms. The molecule has 0 saturated carbocycles. The van der Waals surface area contributed by atoms with Crippen LogP contribution in [0.25, 0.3) is 10.9 Å². The molecule has 0 saturated heterocycles. The van der Waals surface area contributed by atoms with Gasteiger partial charge in [0, 0.05) is 30.4 Å². The third-order valence-corrected chi connectivity index (χ3v) is 3.42. The summed E-state index contributed by atoms with van der Waals surface area (Å²) in [4.78, 5) is 37.7. The molecule has 23 heavy (non-hydrogen) atoms. The third kappa shape index (κ3) is 4.32. The van der Waals surface area contributed by atoms with Crippen molar-refractivity contribution in [3.8, 4) is 0 Å². The Morgan fingerprint density at radius 1 is 1.26 bits per heavy atom. The molecular weight excluding hydrogens is 298 g/mol. The van der Waals surface area contributed by atoms with E-state index in [1.165, 1.54) is 14.0 Å². The number of carbonyl (C=O) groups excluding carboxylic acids is 3. The van der Waals surface area contributed by atoms with Crippen molar-refractivity contribution in [1.29, 1.82) is 0 Å². The molecule has 7 nitrogen and oxygen atoms in total. The normalized spacial score (nSPS) is 11.7. The van der Waals surface area contributed by atoms with E-state index in [0.717, 1.165) is 16.5 Å². The number of amides is 2. The number of aromatic nitrogens is 1. The molecule has 2 rings (SSSR count). The first kappa shape index (κ1) is 16.5. The second-order valence-electron chi connectivity index (χ2n) is 5.12. The van der Waals surface area contributed by atoms with Crippen LogP contribution in [-0.4, -0.2) is 42.5 Å². The van der Waals surface area contributed by atoms with Gasteiger partial charge in [0.15, 0.2) is 0 Å². The zero-order valence-electron chi connectivity index (χ0n) is 13.0. The van der Waals surface area contributed by atoms with Gasteiger partial charge in [0.2, 0.25) is 11.8 Å². The lowest BCUT2D eigenvalue weighted by molar-refractivity contribution is -0.144. The molecule has 1 aromatic heterocycles. The first-order valence-corrected chi connectivity index (χ1v) is 7.18. The van der Waals surface area contributed by atoms with Gasteiger partial charge in [0.1, 0.15) is 6.04 Å². The molecule has 0 radical (unpaired) electrons. The fourth-order valence-electron chi connectivity index (χ4n) is 2.31. The SMILES string of the molecule is COC(=O)[C@@H](Cc1c[nH]c2ccccc12)NC(=O)CNC(C)=O. The smallest absolute Gasteiger partial charge is 0.328 e. The van der Waals surface area contributed by atoms with E-state index in [2.05, 4.69) is 15.6 Å². The molecule has 1 atom stereocenters. The zero-order chi connectivity index (χ0) is 16.8. The van der Waals surface area contributed by atoms with E-state index in [4.69, 9.17) is 4.74 Å². The Morgan fingerprint density at radius 3 is 2.70 bits per heavy atom. The van der Waals surface area contributed by atoms with Crippen LogP contribution in [0.5, 0.6) is 0 Å². The standard InChI is InChI=1S/C16H19N3O4/c1-10(20)17-9-15(21)19-14(16(22)23-2)7-11-8-18-13-6-4-3-5-12(11)13/h3-6,8,14,18H,7,9H2,1-2H3,(H,17,20)(H,19,21)/t14-/m1/s1. The summed E-state index contributed by atoms with van der Waals surface area (Å²) in [6, 6.07) is 6.87. The van der Waals surface area contributed by atoms with Crippen molar-refractivity contribution in [2.24, 2.45) is 0 Å². The molecule has 0 fully saturated rings. The van der Waals surface area contributed by atoms with Crippen molar-refractivity contribution in [1.82, 2.24) is 15.6 Å². The summed E-state index contributed by atoms with van der Waals surface area (Å²) in [6.07, 6.45) is 2.10. The van der Waals surface area contributed by atoms with Crippen LogP contribution in [0.1, 0.15) is 12.5 Å². The molecule has 0 aliphatic heterocycles. The number of fused-ring (bicyclic) bond motifs is 1. The van der Waals surface area contributed by atoms with Crippen molar-refractivity contribution < 1.29 is 19.1 Å². The molecule has 0 spiro atoms. The largest absolute Gasteiger partial charge is 0.467 e. The number of ether oxygens (including phenoxy) is 1. The molecule has 1 heterocycles. The van der Waals surface area contributed by atoms with Gasteiger partial charge in [-0.15, -0.1) is 0 Å². The van der Waals surface area contributed by atoms with Crippen molar-refractivity contribution in [3.05, 3.63) is 36.0 Å². The second-order valence-corrected chi connectivity index (χ2v) is 5.12. The van der Waals surface area contributed by atoms with Crippen LogP contribution in [0.15, 0.2) is 30.5 Å². The number of carbonyl (C=O) groups is 3. The topological polar surface area (TPSA) is 100 Å². The highest BCUT2D eigenvalue weighted by atomic mass is 16.5. The number of hydrogen-bond acceptors (Lipinski definition) is 4. The third-order valence-electron chi connectivity index (χ3n) is 3.42. The second kappa shape index (κ2) is 7.44. The minimum Gasteiger partial charge on any atom is -0.467 e. The quantitative estimate of drug-likeness (QED) is 0.676. The van der Waals surface area contributed by atoms with E-state index in [1.807, 2.05) is 24.3 Å². The average molecular weight is 317 g/mol. The number of nitrogens with one attached hydrogen (secondary N) is 3. The van der Waals surface area contributed by atoms with Crippen molar-refractivity contribution in [2.75, 3.05) is 13.7 Å². The molecule has 3 N–H and O–H groups in total. The first-order chi connectivity index (χ1) is 11.0. The van der Waals surface area contributed by atoms with E-state index in [1.54, 1.807) is 6.20 Å². The van der Waals surface area contributed by atoms with Crippen LogP contribution in [0.4, 0.5) is 0 Å². The highest BCUT2D eigenvalue weighted by Crippen LogP contribution is 2.19. The summed E-state index contributed by atoms with van der Waals surface area (Å²) in [6.45, 7) is 1.13. The van der Waals surface area contributed by atoms with Gasteiger partial charge < -0.3 is 20.4 Å². The van der Waals surface area contributed by atoms with E-state index < -0.39 is 17.9 Å². The van der Waals surface area contributed by atoms with Crippen molar-refractivity contribution >= 4 is 28.7 Å². The zero-order valence-corrected chi connectivity index (χ0v) is 13.0. The van der Waals surface area contributed by atoms with Gasteiger partial charge in [-0.3, -0.25) is 9.59 Å². The maximum absolute atomic E-state index is 11.9. The lowest BCUT2D eigenvalue weighted by atomic mass is 10.0. The number of esters is 1. The Hall–Kier alpha value is -2.83. The van der Waals surface area contributed by atoms with Gasteiger partial charge in [-0.1, -0.05) is 18.2 Å². The Balaban J connectivity index is 2.11. The summed E-state index contributed by atoms with van der Waals surface area (Å²) < 4.78 is 4.75. The van der Waals surface area contributed by atoms with Crippen LogP contribution in [-0.2, 0) is 25.5 Å². The van der Waals surface area contributed by atoms with Gasteiger partial charge in [-0.2, -0.15) is 0 Å². The Kier molecular flexibility index (Phi) is 5.35. The van der Waals surface area contributed by atoms with Crippen molar-refractivity contribution in [3.63, 3.8) is 0 Å². The molecule has 0 unspecified atom stereocenters. The molecule has 1 aromatic carbocycles. The Morgan fingerprint density at radius 2 is 2.00 bits per heavy atom. The number of aromatic amines is 1. The predicted molar refractivity (Wildman–Crippen MR) is 84.6 cm³/mol. The lowest BCUT2D eigenvalue weighted by Gasteiger charge is -2.16. The van der Waals surface area contributed by atoms with Crippen LogP contribution < -0.4 is 10.6 Å². The van der Waals surface area contributed by atoms with Gasteiger partial charge in [-0.05, 0) is 11.6 Å². The minimum absolute atomic E-state index is 0.184. The van der Waals surface area contributed by atoms with Crippen LogP contribution in [0.3, 0.4) is 0 Å².